The molecule has 4 nitrogen and oxygen atoms in total. The Kier molecular flexibility index (Phi) is 13.0. The van der Waals surface area contributed by atoms with E-state index in [1.54, 1.807) is 0 Å². The van der Waals surface area contributed by atoms with Crippen LogP contribution in [0.25, 0.3) is 44.5 Å². The molecule has 0 unspecified atom stereocenters. The first kappa shape index (κ1) is 40.2. The van der Waals surface area contributed by atoms with Gasteiger partial charge in [0.15, 0.2) is 5.78 Å². The van der Waals surface area contributed by atoms with E-state index in [9.17, 15) is 9.90 Å². The SMILES string of the molecule is CCC(CC)C(=O)/C=C(\O)C(CC)CC.Cc1cc(C)c2c(C)cc(-c3[c-]ccc4c3C(C)(C)c3c-4oc4ccc(CC(C)C)cc34)nc2c1.[Ir]. The van der Waals surface area contributed by atoms with Crippen LogP contribution >= 0.6 is 0 Å². The van der Waals surface area contributed by atoms with Crippen molar-refractivity contribution in [2.45, 2.75) is 114 Å². The van der Waals surface area contributed by atoms with E-state index in [4.69, 9.17) is 9.40 Å². The summed E-state index contributed by atoms with van der Waals surface area (Å²) in [6.45, 7) is 23.8. The van der Waals surface area contributed by atoms with Crippen LogP contribution in [0.15, 0.2) is 64.8 Å². The van der Waals surface area contributed by atoms with Crippen molar-refractivity contribution in [2.24, 2.45) is 17.8 Å². The number of benzene rings is 3. The molecular weight excluding hydrogens is 807 g/mol. The van der Waals surface area contributed by atoms with Gasteiger partial charge in [0.2, 0.25) is 0 Å². The molecule has 0 bridgehead atoms. The molecule has 0 fully saturated rings. The van der Waals surface area contributed by atoms with Crippen molar-refractivity contribution in [3.63, 3.8) is 0 Å². The van der Waals surface area contributed by atoms with Gasteiger partial charge >= 0.3 is 0 Å². The Bertz CT molecular complexity index is 2060. The Labute approximate surface area is 319 Å². The molecule has 2 heterocycles. The summed E-state index contributed by atoms with van der Waals surface area (Å²) in [7, 11) is 0. The molecule has 0 saturated heterocycles. The van der Waals surface area contributed by atoms with E-state index in [1.165, 1.54) is 55.8 Å². The van der Waals surface area contributed by atoms with Crippen molar-refractivity contribution < 1.29 is 34.4 Å². The third-order valence-corrected chi connectivity index (χ3v) is 10.7. The van der Waals surface area contributed by atoms with Crippen LogP contribution in [-0.4, -0.2) is 15.9 Å². The predicted octanol–water partition coefficient (Wildman–Crippen LogP) is 12.7. The van der Waals surface area contributed by atoms with Gasteiger partial charge in [-0.1, -0.05) is 79.2 Å². The largest absolute Gasteiger partial charge is 0.512 e. The number of rotatable bonds is 10. The standard InChI is InChI=1S/C33H32NO.C13H24O2.Ir/c1-18(2)13-22-11-12-28-25(17-22)31-32(35-28)24-10-8-9-23(30(24)33(31,6)7)26-16-21(5)29-20(4)14-19(3)15-27(29)34-26;1-5-10(6-2)12(14)9-13(15)11(7-3)8-4;/h8,10-12,14-18H,13H2,1-7H3;9-11,14H,5-8H2,1-4H3;/q-1;;/b;12-9-;. The molecule has 0 amide bonds. The van der Waals surface area contributed by atoms with Gasteiger partial charge in [-0.05, 0) is 110 Å². The van der Waals surface area contributed by atoms with Gasteiger partial charge in [-0.3, -0.25) is 9.78 Å². The number of aliphatic hydroxyl groups excluding tert-OH is 1. The Balaban J connectivity index is 0.000000312. The second-order valence-corrected chi connectivity index (χ2v) is 15.3. The third kappa shape index (κ3) is 7.96. The fraction of sp³-hybridized carbons (Fsp3) is 0.435. The van der Waals surface area contributed by atoms with Crippen LogP contribution in [0, 0.1) is 44.6 Å². The van der Waals surface area contributed by atoms with Gasteiger partial charge in [0.1, 0.15) is 11.3 Å². The number of hydrogen-bond donors (Lipinski definition) is 1. The maximum atomic E-state index is 11.7. The molecule has 3 aromatic carbocycles. The number of hydrogen-bond acceptors (Lipinski definition) is 4. The number of ketones is 1. The summed E-state index contributed by atoms with van der Waals surface area (Å²) in [5.74, 6) is 2.17. The summed E-state index contributed by atoms with van der Waals surface area (Å²) >= 11 is 0. The second-order valence-electron chi connectivity index (χ2n) is 15.3. The Morgan fingerprint density at radius 1 is 0.902 bits per heavy atom. The zero-order chi connectivity index (χ0) is 36.5. The van der Waals surface area contributed by atoms with Crippen molar-refractivity contribution in [1.29, 1.82) is 0 Å². The molecule has 6 rings (SSSR count). The molecule has 0 atom stereocenters. The normalized spacial score (nSPS) is 13.4. The number of nitrogens with zero attached hydrogens (tertiary/aromatic N) is 1. The molecular formula is C46H56IrNO3-. The van der Waals surface area contributed by atoms with Crippen molar-refractivity contribution in [3.05, 3.63) is 99.8 Å². The molecule has 0 aliphatic heterocycles. The summed E-state index contributed by atoms with van der Waals surface area (Å²) in [4.78, 5) is 16.9. The summed E-state index contributed by atoms with van der Waals surface area (Å²) < 4.78 is 6.51. The minimum atomic E-state index is -0.216. The van der Waals surface area contributed by atoms with Gasteiger partial charge < -0.3 is 9.52 Å². The average molecular weight is 863 g/mol. The molecule has 1 N–H and O–H groups in total. The molecule has 1 aliphatic rings. The zero-order valence-electron chi connectivity index (χ0n) is 32.5. The molecule has 1 aliphatic carbocycles. The van der Waals surface area contributed by atoms with E-state index in [2.05, 4.69) is 97.0 Å². The van der Waals surface area contributed by atoms with Gasteiger partial charge in [-0.2, -0.15) is 0 Å². The molecule has 273 valence electrons. The van der Waals surface area contributed by atoms with Crippen LogP contribution in [0.1, 0.15) is 114 Å². The number of furan rings is 1. The van der Waals surface area contributed by atoms with Gasteiger partial charge in [-0.25, -0.2) is 0 Å². The number of aromatic nitrogens is 1. The van der Waals surface area contributed by atoms with Crippen LogP contribution < -0.4 is 0 Å². The van der Waals surface area contributed by atoms with Gasteiger partial charge in [0.25, 0.3) is 0 Å². The van der Waals surface area contributed by atoms with E-state index in [-0.39, 0.29) is 48.9 Å². The van der Waals surface area contributed by atoms with Crippen molar-refractivity contribution >= 4 is 27.7 Å². The molecule has 5 aromatic rings. The minimum Gasteiger partial charge on any atom is -0.512 e. The van der Waals surface area contributed by atoms with Crippen LogP contribution in [0.4, 0.5) is 0 Å². The maximum Gasteiger partial charge on any atom is 0.162 e. The van der Waals surface area contributed by atoms with Crippen LogP contribution in [0.3, 0.4) is 0 Å². The van der Waals surface area contributed by atoms with E-state index in [1.807, 2.05) is 33.8 Å². The molecule has 5 heteroatoms. The van der Waals surface area contributed by atoms with Gasteiger partial charge in [0, 0.05) is 54.4 Å². The molecule has 51 heavy (non-hydrogen) atoms. The van der Waals surface area contributed by atoms with Crippen LogP contribution in [-0.2, 0) is 36.7 Å². The van der Waals surface area contributed by atoms with Crippen molar-refractivity contribution in [2.75, 3.05) is 0 Å². The third-order valence-electron chi connectivity index (χ3n) is 10.7. The topological polar surface area (TPSA) is 63.3 Å². The van der Waals surface area contributed by atoms with Gasteiger partial charge in [0.05, 0.1) is 11.3 Å². The minimum absolute atomic E-state index is 0. The van der Waals surface area contributed by atoms with Gasteiger partial charge in [-0.15, -0.1) is 29.3 Å². The summed E-state index contributed by atoms with van der Waals surface area (Å²) in [6, 6.07) is 21.1. The first-order valence-corrected chi connectivity index (χ1v) is 18.7. The fourth-order valence-corrected chi connectivity index (χ4v) is 8.11. The second kappa shape index (κ2) is 16.4. The first-order chi connectivity index (χ1) is 23.7. The van der Waals surface area contributed by atoms with E-state index < -0.39 is 0 Å². The molecule has 0 spiro atoms. The van der Waals surface area contributed by atoms with Crippen LogP contribution in [0.2, 0.25) is 0 Å². The zero-order valence-corrected chi connectivity index (χ0v) is 34.9. The number of aliphatic hydroxyl groups is 1. The summed E-state index contributed by atoms with van der Waals surface area (Å²) in [5.41, 5.74) is 12.7. The number of pyridine rings is 1. The number of carbonyl (C=O) groups is 1. The van der Waals surface area contributed by atoms with E-state index in [0.717, 1.165) is 60.2 Å². The average Bonchev–Trinajstić information content (AvgIpc) is 3.54. The Morgan fingerprint density at radius 2 is 1.55 bits per heavy atom. The monoisotopic (exact) mass is 863 g/mol. The quantitative estimate of drug-likeness (QED) is 0.0863. The van der Waals surface area contributed by atoms with Crippen molar-refractivity contribution in [3.8, 4) is 22.6 Å². The Hall–Kier alpha value is -3.53. The molecule has 2 aromatic heterocycles. The van der Waals surface area contributed by atoms with Crippen LogP contribution in [0.5, 0.6) is 0 Å². The smallest absolute Gasteiger partial charge is 0.162 e. The predicted molar refractivity (Wildman–Crippen MR) is 210 cm³/mol. The maximum absolute atomic E-state index is 11.7. The number of fused-ring (bicyclic) bond motifs is 6. The fourth-order valence-electron chi connectivity index (χ4n) is 8.11. The number of allylic oxidation sites excluding steroid dienone is 2. The molecule has 1 radical (unpaired) electrons. The Morgan fingerprint density at radius 3 is 2.18 bits per heavy atom. The molecule has 0 saturated carbocycles. The van der Waals surface area contributed by atoms with E-state index >= 15 is 0 Å². The van der Waals surface area contributed by atoms with Crippen molar-refractivity contribution in [1.82, 2.24) is 4.98 Å². The summed E-state index contributed by atoms with van der Waals surface area (Å²) in [6.07, 6.45) is 5.98. The number of aryl methyl sites for hydroxylation is 3. The van der Waals surface area contributed by atoms with E-state index in [0.29, 0.717) is 5.92 Å². The number of carbonyl (C=O) groups excluding carboxylic acids is 1. The first-order valence-electron chi connectivity index (χ1n) is 18.7. The summed E-state index contributed by atoms with van der Waals surface area (Å²) in [5, 5.41) is 12.2.